The van der Waals surface area contributed by atoms with Crippen molar-refractivity contribution in [3.8, 4) is 11.5 Å². The largest absolute Gasteiger partial charge is 0.493 e. The van der Waals surface area contributed by atoms with Crippen LogP contribution in [-0.4, -0.2) is 44.7 Å². The van der Waals surface area contributed by atoms with E-state index in [0.717, 1.165) is 10.6 Å². The number of fused-ring (bicyclic) bond motifs is 1. The van der Waals surface area contributed by atoms with Crippen LogP contribution in [0.25, 0.3) is 0 Å². The zero-order valence-electron chi connectivity index (χ0n) is 15.0. The van der Waals surface area contributed by atoms with Crippen LogP contribution in [0.5, 0.6) is 11.5 Å². The molecular formula is C19H23NO5S. The number of hydrogen-bond acceptors (Lipinski definition) is 6. The van der Waals surface area contributed by atoms with Crippen LogP contribution in [0, 0.1) is 0 Å². The summed E-state index contributed by atoms with van der Waals surface area (Å²) in [6, 6.07) is 11.4. The molecule has 0 radical (unpaired) electrons. The van der Waals surface area contributed by atoms with E-state index in [0.29, 0.717) is 23.5 Å². The SMILES string of the molecule is CC[C@H]1CS(=O)(=O)c2cc(OC)c(OC)cc2[C@@H](c2ccccc2)N1O. The number of hydrogen-bond donors (Lipinski definition) is 1. The fourth-order valence-corrected chi connectivity index (χ4v) is 5.30. The first-order valence-corrected chi connectivity index (χ1v) is 10.1. The van der Waals surface area contributed by atoms with Crippen LogP contribution in [0.2, 0.25) is 0 Å². The first-order valence-electron chi connectivity index (χ1n) is 8.43. The molecule has 2 aromatic carbocycles. The van der Waals surface area contributed by atoms with E-state index in [2.05, 4.69) is 0 Å². The Hall–Kier alpha value is -2.09. The Morgan fingerprint density at radius 3 is 2.31 bits per heavy atom. The molecule has 0 unspecified atom stereocenters. The third-order valence-corrected chi connectivity index (χ3v) is 6.63. The summed E-state index contributed by atoms with van der Waals surface area (Å²) in [6.45, 7) is 1.86. The zero-order chi connectivity index (χ0) is 18.9. The Morgan fingerprint density at radius 1 is 1.12 bits per heavy atom. The first kappa shape index (κ1) is 18.7. The second-order valence-corrected chi connectivity index (χ2v) is 8.28. The zero-order valence-corrected chi connectivity index (χ0v) is 15.9. The van der Waals surface area contributed by atoms with Gasteiger partial charge in [-0.25, -0.2) is 8.42 Å². The second kappa shape index (κ2) is 7.26. The van der Waals surface area contributed by atoms with Crippen molar-refractivity contribution in [2.75, 3.05) is 20.0 Å². The Balaban J connectivity index is 2.33. The highest BCUT2D eigenvalue weighted by atomic mass is 32.2. The molecule has 3 rings (SSSR count). The first-order chi connectivity index (χ1) is 12.4. The van der Waals surface area contributed by atoms with Crippen molar-refractivity contribution in [2.45, 2.75) is 30.3 Å². The minimum Gasteiger partial charge on any atom is -0.493 e. The molecule has 2 aromatic rings. The van der Waals surface area contributed by atoms with Gasteiger partial charge in [0.25, 0.3) is 0 Å². The number of hydroxylamine groups is 2. The van der Waals surface area contributed by atoms with E-state index in [1.165, 1.54) is 20.3 Å². The molecule has 7 heteroatoms. The molecule has 6 nitrogen and oxygen atoms in total. The Labute approximate surface area is 153 Å². The highest BCUT2D eigenvalue weighted by Crippen LogP contribution is 2.42. The Morgan fingerprint density at radius 2 is 1.73 bits per heavy atom. The molecule has 0 amide bonds. The lowest BCUT2D eigenvalue weighted by Crippen LogP contribution is -2.37. The molecule has 1 aliphatic heterocycles. The van der Waals surface area contributed by atoms with Gasteiger partial charge in [0, 0.05) is 6.07 Å². The third kappa shape index (κ3) is 3.18. The van der Waals surface area contributed by atoms with Gasteiger partial charge >= 0.3 is 0 Å². The number of benzene rings is 2. The third-order valence-electron chi connectivity index (χ3n) is 4.78. The smallest absolute Gasteiger partial charge is 0.180 e. The lowest BCUT2D eigenvalue weighted by molar-refractivity contribution is -0.146. The van der Waals surface area contributed by atoms with Gasteiger partial charge in [0.1, 0.15) is 0 Å². The monoisotopic (exact) mass is 377 g/mol. The van der Waals surface area contributed by atoms with E-state index in [1.807, 2.05) is 37.3 Å². The van der Waals surface area contributed by atoms with Gasteiger partial charge in [-0.05, 0) is 23.6 Å². The van der Waals surface area contributed by atoms with Crippen LogP contribution in [0.15, 0.2) is 47.4 Å². The van der Waals surface area contributed by atoms with E-state index in [4.69, 9.17) is 9.47 Å². The lowest BCUT2D eigenvalue weighted by atomic mass is 9.96. The van der Waals surface area contributed by atoms with Crippen molar-refractivity contribution in [3.05, 3.63) is 53.6 Å². The van der Waals surface area contributed by atoms with E-state index >= 15 is 0 Å². The maximum absolute atomic E-state index is 13.0. The predicted octanol–water partition coefficient (Wildman–Crippen LogP) is 3.05. The molecule has 26 heavy (non-hydrogen) atoms. The van der Waals surface area contributed by atoms with E-state index < -0.39 is 21.9 Å². The quantitative estimate of drug-likeness (QED) is 0.883. The molecule has 0 bridgehead atoms. The summed E-state index contributed by atoms with van der Waals surface area (Å²) < 4.78 is 36.7. The van der Waals surface area contributed by atoms with Crippen LogP contribution in [-0.2, 0) is 9.84 Å². The number of methoxy groups -OCH3 is 2. The highest BCUT2D eigenvalue weighted by Gasteiger charge is 2.39. The molecule has 2 atom stereocenters. The van der Waals surface area contributed by atoms with Crippen molar-refractivity contribution in [1.29, 1.82) is 0 Å². The molecule has 140 valence electrons. The standard InChI is InChI=1S/C19H23NO5S/c1-4-14-12-26(22,23)18-11-17(25-3)16(24-2)10-15(18)19(20(14)21)13-8-6-5-7-9-13/h5-11,14,19,21H,4,12H2,1-3H3/t14-,19+/m0/s1. The molecule has 1 aliphatic rings. The summed E-state index contributed by atoms with van der Waals surface area (Å²) in [5.41, 5.74) is 1.28. The van der Waals surface area contributed by atoms with Gasteiger partial charge in [0.05, 0.1) is 37.0 Å². The maximum Gasteiger partial charge on any atom is 0.180 e. The minimum absolute atomic E-state index is 0.161. The molecular weight excluding hydrogens is 354 g/mol. The summed E-state index contributed by atoms with van der Waals surface area (Å²) in [5.74, 6) is 0.609. The molecule has 0 saturated carbocycles. The van der Waals surface area contributed by atoms with E-state index in [-0.39, 0.29) is 10.6 Å². The second-order valence-electron chi connectivity index (χ2n) is 6.28. The number of rotatable bonds is 4. The van der Waals surface area contributed by atoms with Crippen molar-refractivity contribution in [2.24, 2.45) is 0 Å². The molecule has 0 aromatic heterocycles. The molecule has 1 N–H and O–H groups in total. The fourth-order valence-electron chi connectivity index (χ4n) is 3.40. The van der Waals surface area contributed by atoms with Crippen molar-refractivity contribution in [1.82, 2.24) is 5.06 Å². The number of sulfone groups is 1. The van der Waals surface area contributed by atoms with Crippen LogP contribution in [0.1, 0.15) is 30.5 Å². The van der Waals surface area contributed by atoms with Crippen LogP contribution in [0.4, 0.5) is 0 Å². The Bertz CT molecular complexity index is 882. The summed E-state index contributed by atoms with van der Waals surface area (Å²) in [5, 5.41) is 12.1. The van der Waals surface area contributed by atoms with Gasteiger partial charge in [0.2, 0.25) is 0 Å². The topological polar surface area (TPSA) is 76.1 Å². The van der Waals surface area contributed by atoms with Gasteiger partial charge in [-0.15, -0.1) is 0 Å². The maximum atomic E-state index is 13.0. The summed E-state index contributed by atoms with van der Waals surface area (Å²) in [4.78, 5) is 0.166. The predicted molar refractivity (Wildman–Crippen MR) is 97.6 cm³/mol. The average Bonchev–Trinajstić information content (AvgIpc) is 2.73. The van der Waals surface area contributed by atoms with Crippen molar-refractivity contribution >= 4 is 9.84 Å². The fraction of sp³-hybridized carbons (Fsp3) is 0.368. The van der Waals surface area contributed by atoms with E-state index in [1.54, 1.807) is 6.07 Å². The summed E-state index contributed by atoms with van der Waals surface area (Å²) in [6.07, 6.45) is 0.501. The van der Waals surface area contributed by atoms with Crippen LogP contribution in [0.3, 0.4) is 0 Å². The minimum atomic E-state index is -3.61. The number of ether oxygens (including phenoxy) is 2. The summed E-state index contributed by atoms with van der Waals surface area (Å²) >= 11 is 0. The van der Waals surface area contributed by atoms with Gasteiger partial charge in [0.15, 0.2) is 21.3 Å². The normalized spacial score (nSPS) is 22.3. The van der Waals surface area contributed by atoms with Gasteiger partial charge in [-0.1, -0.05) is 37.3 Å². The molecule has 0 aliphatic carbocycles. The van der Waals surface area contributed by atoms with Crippen molar-refractivity contribution in [3.63, 3.8) is 0 Å². The molecule has 0 fully saturated rings. The van der Waals surface area contributed by atoms with Gasteiger partial charge in [-0.3, -0.25) is 0 Å². The highest BCUT2D eigenvalue weighted by molar-refractivity contribution is 7.91. The van der Waals surface area contributed by atoms with Crippen LogP contribution < -0.4 is 9.47 Å². The lowest BCUT2D eigenvalue weighted by Gasteiger charge is -2.30. The van der Waals surface area contributed by atoms with Gasteiger partial charge in [-0.2, -0.15) is 5.06 Å². The molecule has 0 spiro atoms. The van der Waals surface area contributed by atoms with Gasteiger partial charge < -0.3 is 14.7 Å². The molecule has 0 saturated heterocycles. The van der Waals surface area contributed by atoms with Crippen LogP contribution >= 0.6 is 0 Å². The molecule has 1 heterocycles. The average molecular weight is 377 g/mol. The Kier molecular flexibility index (Phi) is 5.22. The van der Waals surface area contributed by atoms with E-state index in [9.17, 15) is 13.6 Å². The van der Waals surface area contributed by atoms with Crippen molar-refractivity contribution < 1.29 is 23.1 Å². The summed E-state index contributed by atoms with van der Waals surface area (Å²) in [7, 11) is -0.642. The number of nitrogens with zero attached hydrogens (tertiary/aromatic N) is 1.